The van der Waals surface area contributed by atoms with Gasteiger partial charge < -0.3 is 10.4 Å². The fourth-order valence-corrected chi connectivity index (χ4v) is 2.89. The van der Waals surface area contributed by atoms with Crippen molar-refractivity contribution >= 4 is 21.4 Å². The summed E-state index contributed by atoms with van der Waals surface area (Å²) in [7, 11) is -1.73. The van der Waals surface area contributed by atoms with Gasteiger partial charge in [-0.3, -0.25) is 9.48 Å². The lowest BCUT2D eigenvalue weighted by molar-refractivity contribution is 0.102. The highest BCUT2D eigenvalue weighted by atomic mass is 32.2. The Morgan fingerprint density at radius 1 is 1.41 bits per heavy atom. The topological polar surface area (TPSA) is 101 Å². The number of aryl methyl sites for hydroxylation is 2. The maximum Gasteiger partial charge on any atom is 0.259 e. The largest absolute Gasteiger partial charge is 0.506 e. The first-order valence-corrected chi connectivity index (χ1v) is 8.27. The van der Waals surface area contributed by atoms with Gasteiger partial charge in [0.05, 0.1) is 27.6 Å². The van der Waals surface area contributed by atoms with Gasteiger partial charge in [-0.2, -0.15) is 5.10 Å². The first kappa shape index (κ1) is 16.0. The van der Waals surface area contributed by atoms with E-state index in [9.17, 15) is 18.3 Å². The Bertz CT molecular complexity index is 825. The number of hydrogen-bond acceptors (Lipinski definition) is 5. The molecule has 1 aromatic heterocycles. The van der Waals surface area contributed by atoms with Crippen LogP contribution in [0.4, 0.5) is 5.69 Å². The van der Waals surface area contributed by atoms with Crippen LogP contribution in [-0.2, 0) is 16.9 Å². The Kier molecular flexibility index (Phi) is 4.23. The van der Waals surface area contributed by atoms with Gasteiger partial charge in [-0.05, 0) is 25.1 Å². The van der Waals surface area contributed by atoms with Crippen LogP contribution >= 0.6 is 0 Å². The zero-order valence-electron chi connectivity index (χ0n) is 12.5. The fraction of sp³-hybridized carbons (Fsp3) is 0.286. The molecule has 0 aliphatic heterocycles. The third-order valence-electron chi connectivity index (χ3n) is 3.21. The monoisotopic (exact) mass is 323 g/mol. The maximum absolute atomic E-state index is 12.2. The molecule has 2 N–H and O–H groups in total. The first-order chi connectivity index (χ1) is 10.2. The van der Waals surface area contributed by atoms with Gasteiger partial charge >= 0.3 is 0 Å². The third-order valence-corrected chi connectivity index (χ3v) is 4.95. The molecule has 0 radical (unpaired) electrons. The SMILES string of the molecule is CCS(=O)(=O)c1ccc(O)c(NC(=O)c2cn(C)nc2C)c1. The predicted octanol–water partition coefficient (Wildman–Crippen LogP) is 1.48. The summed E-state index contributed by atoms with van der Waals surface area (Å²) in [6, 6.07) is 3.80. The van der Waals surface area contributed by atoms with E-state index in [1.54, 1.807) is 20.2 Å². The van der Waals surface area contributed by atoms with E-state index in [0.29, 0.717) is 11.3 Å². The quantitative estimate of drug-likeness (QED) is 0.830. The number of nitrogens with one attached hydrogen (secondary N) is 1. The molecule has 2 aromatic rings. The van der Waals surface area contributed by atoms with Crippen molar-refractivity contribution in [2.24, 2.45) is 7.05 Å². The fourth-order valence-electron chi connectivity index (χ4n) is 1.99. The Morgan fingerprint density at radius 2 is 2.09 bits per heavy atom. The number of carbonyl (C=O) groups excluding carboxylic acids is 1. The van der Waals surface area contributed by atoms with E-state index in [1.165, 1.54) is 29.8 Å². The molecule has 0 spiro atoms. The zero-order valence-corrected chi connectivity index (χ0v) is 13.3. The lowest BCUT2D eigenvalue weighted by Crippen LogP contribution is -2.13. The van der Waals surface area contributed by atoms with Crippen LogP contribution in [0.5, 0.6) is 5.75 Å². The molecule has 0 bridgehead atoms. The van der Waals surface area contributed by atoms with Crippen LogP contribution in [0.15, 0.2) is 29.3 Å². The van der Waals surface area contributed by atoms with Crippen LogP contribution in [0, 0.1) is 6.92 Å². The van der Waals surface area contributed by atoms with Crippen LogP contribution in [0.3, 0.4) is 0 Å². The number of hydrogen-bond donors (Lipinski definition) is 2. The minimum atomic E-state index is -3.42. The van der Waals surface area contributed by atoms with Crippen molar-refractivity contribution in [2.45, 2.75) is 18.7 Å². The summed E-state index contributed by atoms with van der Waals surface area (Å²) < 4.78 is 25.2. The van der Waals surface area contributed by atoms with E-state index in [-0.39, 0.29) is 22.1 Å². The normalized spacial score (nSPS) is 11.4. The van der Waals surface area contributed by atoms with E-state index in [2.05, 4.69) is 10.4 Å². The van der Waals surface area contributed by atoms with Crippen LogP contribution in [0.2, 0.25) is 0 Å². The second-order valence-electron chi connectivity index (χ2n) is 4.84. The van der Waals surface area contributed by atoms with E-state index < -0.39 is 15.7 Å². The number of nitrogens with zero attached hydrogens (tertiary/aromatic N) is 2. The van der Waals surface area contributed by atoms with Crippen LogP contribution in [0.1, 0.15) is 23.0 Å². The molecule has 1 heterocycles. The molecule has 1 aromatic carbocycles. The average molecular weight is 323 g/mol. The number of anilines is 1. The summed E-state index contributed by atoms with van der Waals surface area (Å²) >= 11 is 0. The molecule has 0 saturated heterocycles. The molecule has 0 fully saturated rings. The second-order valence-corrected chi connectivity index (χ2v) is 7.12. The summed E-state index contributed by atoms with van der Waals surface area (Å²) in [5, 5.41) is 16.4. The maximum atomic E-state index is 12.2. The molecule has 0 aliphatic rings. The van der Waals surface area contributed by atoms with E-state index in [4.69, 9.17) is 0 Å². The third kappa shape index (κ3) is 3.11. The number of phenols is 1. The van der Waals surface area contributed by atoms with E-state index in [0.717, 1.165) is 0 Å². The second kappa shape index (κ2) is 5.80. The molecule has 118 valence electrons. The van der Waals surface area contributed by atoms with Gasteiger partial charge in [-0.25, -0.2) is 8.42 Å². The summed E-state index contributed by atoms with van der Waals surface area (Å²) in [6.45, 7) is 3.21. The molecule has 0 atom stereocenters. The van der Waals surface area contributed by atoms with E-state index in [1.807, 2.05) is 0 Å². The number of aromatic hydroxyl groups is 1. The number of phenolic OH excluding ortho intramolecular Hbond substituents is 1. The summed E-state index contributed by atoms with van der Waals surface area (Å²) in [6.07, 6.45) is 1.55. The van der Waals surface area contributed by atoms with Gasteiger partial charge in [0.15, 0.2) is 9.84 Å². The Labute approximate surface area is 128 Å². The molecular weight excluding hydrogens is 306 g/mol. The van der Waals surface area contributed by atoms with Gasteiger partial charge in [0.25, 0.3) is 5.91 Å². The van der Waals surface area contributed by atoms with Crippen LogP contribution in [-0.4, -0.2) is 35.0 Å². The first-order valence-electron chi connectivity index (χ1n) is 6.62. The van der Waals surface area contributed by atoms with E-state index >= 15 is 0 Å². The number of benzene rings is 1. The molecule has 0 unspecified atom stereocenters. The van der Waals surface area contributed by atoms with Crippen LogP contribution < -0.4 is 5.32 Å². The summed E-state index contributed by atoms with van der Waals surface area (Å²) in [5.74, 6) is -0.732. The van der Waals surface area contributed by atoms with Crippen molar-refractivity contribution in [1.29, 1.82) is 0 Å². The van der Waals surface area contributed by atoms with Gasteiger partial charge in [0, 0.05) is 13.2 Å². The van der Waals surface area contributed by atoms with Crippen molar-refractivity contribution < 1.29 is 18.3 Å². The summed E-state index contributed by atoms with van der Waals surface area (Å²) in [5.41, 5.74) is 0.935. The molecule has 7 nitrogen and oxygen atoms in total. The van der Waals surface area contributed by atoms with Gasteiger partial charge in [0.1, 0.15) is 5.75 Å². The zero-order chi connectivity index (χ0) is 16.5. The molecule has 8 heteroatoms. The minimum absolute atomic E-state index is 0.0442. The number of rotatable bonds is 4. The van der Waals surface area contributed by atoms with Crippen molar-refractivity contribution in [3.05, 3.63) is 35.7 Å². The number of carbonyl (C=O) groups is 1. The van der Waals surface area contributed by atoms with Gasteiger partial charge in [-0.15, -0.1) is 0 Å². The number of amides is 1. The molecular formula is C14H17N3O4S. The van der Waals surface area contributed by atoms with Crippen molar-refractivity contribution in [2.75, 3.05) is 11.1 Å². The van der Waals surface area contributed by atoms with Gasteiger partial charge in [0.2, 0.25) is 0 Å². The molecule has 22 heavy (non-hydrogen) atoms. The van der Waals surface area contributed by atoms with Crippen molar-refractivity contribution in [3.63, 3.8) is 0 Å². The van der Waals surface area contributed by atoms with Crippen molar-refractivity contribution in [3.8, 4) is 5.75 Å². The standard InChI is InChI=1S/C14H17N3O4S/c1-4-22(20,21)10-5-6-13(18)12(7-10)15-14(19)11-8-17(3)16-9(11)2/h5-8,18H,4H2,1-3H3,(H,15,19). The Balaban J connectivity index is 2.35. The summed E-state index contributed by atoms with van der Waals surface area (Å²) in [4.78, 5) is 12.3. The van der Waals surface area contributed by atoms with Crippen LogP contribution in [0.25, 0.3) is 0 Å². The lowest BCUT2D eigenvalue weighted by Gasteiger charge is -2.09. The Hall–Kier alpha value is -2.35. The lowest BCUT2D eigenvalue weighted by atomic mass is 10.2. The Morgan fingerprint density at radius 3 is 2.64 bits per heavy atom. The minimum Gasteiger partial charge on any atom is -0.506 e. The highest BCUT2D eigenvalue weighted by Crippen LogP contribution is 2.27. The molecule has 0 aliphatic carbocycles. The molecule has 2 rings (SSSR count). The van der Waals surface area contributed by atoms with Gasteiger partial charge in [-0.1, -0.05) is 6.92 Å². The number of sulfone groups is 1. The van der Waals surface area contributed by atoms with Crippen molar-refractivity contribution in [1.82, 2.24) is 9.78 Å². The molecule has 1 amide bonds. The highest BCUT2D eigenvalue weighted by Gasteiger charge is 2.17. The predicted molar refractivity (Wildman–Crippen MR) is 81.7 cm³/mol. The average Bonchev–Trinajstić information content (AvgIpc) is 2.80. The number of aromatic nitrogens is 2. The molecule has 0 saturated carbocycles. The highest BCUT2D eigenvalue weighted by molar-refractivity contribution is 7.91. The smallest absolute Gasteiger partial charge is 0.259 e.